The molecule has 0 heterocycles. The van der Waals surface area contributed by atoms with E-state index in [1.54, 1.807) is 14.1 Å². The lowest BCUT2D eigenvalue weighted by atomic mass is 10.2. The number of benzene rings is 1. The number of aliphatic carboxylic acids is 1. The van der Waals surface area contributed by atoms with Crippen molar-refractivity contribution in [1.29, 1.82) is 0 Å². The van der Waals surface area contributed by atoms with Crippen LogP contribution in [0.2, 0.25) is 0 Å². The third-order valence-corrected chi connectivity index (χ3v) is 2.50. The molecule has 0 bridgehead atoms. The Morgan fingerprint density at radius 2 is 1.86 bits per heavy atom. The van der Waals surface area contributed by atoms with Crippen molar-refractivity contribution in [3.63, 3.8) is 0 Å². The predicted octanol–water partition coefficient (Wildman–Crippen LogP) is 1.92. The normalized spacial score (nSPS) is 10.7. The Balaban J connectivity index is 2.76. The summed E-state index contributed by atoms with van der Waals surface area (Å²) in [5, 5.41) is 8.45. The van der Waals surface area contributed by atoms with E-state index in [2.05, 4.69) is 0 Å². The minimum absolute atomic E-state index is 0.00739. The van der Waals surface area contributed by atoms with Crippen LogP contribution in [0.1, 0.15) is 12.0 Å². The molecule has 21 heavy (non-hydrogen) atoms. The number of carboxylic acids is 1. The van der Waals surface area contributed by atoms with E-state index in [0.29, 0.717) is 0 Å². The molecule has 1 amide bonds. The SMILES string of the molecule is CN(C)C(=O)CCOc1c(F)cc(C=CC(=O)O)cc1F. The quantitative estimate of drug-likeness (QED) is 0.815. The van der Waals surface area contributed by atoms with E-state index in [0.717, 1.165) is 24.3 Å². The third kappa shape index (κ3) is 5.21. The van der Waals surface area contributed by atoms with Crippen molar-refractivity contribution in [3.8, 4) is 5.75 Å². The van der Waals surface area contributed by atoms with E-state index in [9.17, 15) is 18.4 Å². The Bertz CT molecular complexity index is 547. The highest BCUT2D eigenvalue weighted by atomic mass is 19.1. The number of rotatable bonds is 6. The largest absolute Gasteiger partial charge is 0.487 e. The van der Waals surface area contributed by atoms with Crippen LogP contribution in [0, 0.1) is 11.6 Å². The molecule has 5 nitrogen and oxygen atoms in total. The molecule has 7 heteroatoms. The minimum atomic E-state index is -1.22. The van der Waals surface area contributed by atoms with Gasteiger partial charge >= 0.3 is 5.97 Å². The van der Waals surface area contributed by atoms with Gasteiger partial charge in [0.2, 0.25) is 5.91 Å². The van der Waals surface area contributed by atoms with Gasteiger partial charge in [-0.15, -0.1) is 0 Å². The van der Waals surface area contributed by atoms with Crippen LogP contribution in [0.15, 0.2) is 18.2 Å². The number of carbonyl (C=O) groups is 2. The van der Waals surface area contributed by atoms with Crippen LogP contribution in [0.3, 0.4) is 0 Å². The Labute approximate surface area is 120 Å². The maximum Gasteiger partial charge on any atom is 0.328 e. The number of carbonyl (C=O) groups excluding carboxylic acids is 1. The van der Waals surface area contributed by atoms with Gasteiger partial charge in [0, 0.05) is 20.2 Å². The standard InChI is InChI=1S/C14H15F2NO4/c1-17(2)12(18)5-6-21-14-10(15)7-9(8-11(14)16)3-4-13(19)20/h3-4,7-8H,5-6H2,1-2H3,(H,19,20). The lowest BCUT2D eigenvalue weighted by molar-refractivity contribution is -0.131. The van der Waals surface area contributed by atoms with Crippen LogP contribution >= 0.6 is 0 Å². The highest BCUT2D eigenvalue weighted by molar-refractivity contribution is 5.85. The predicted molar refractivity (Wildman–Crippen MR) is 71.8 cm³/mol. The molecule has 114 valence electrons. The lowest BCUT2D eigenvalue weighted by Crippen LogP contribution is -2.23. The molecule has 0 saturated heterocycles. The first-order chi connectivity index (χ1) is 9.81. The van der Waals surface area contributed by atoms with Gasteiger partial charge in [-0.2, -0.15) is 0 Å². The van der Waals surface area contributed by atoms with Gasteiger partial charge < -0.3 is 14.7 Å². The molecule has 1 aromatic carbocycles. The summed E-state index contributed by atoms with van der Waals surface area (Å²) in [6.45, 7) is -0.158. The fourth-order valence-electron chi connectivity index (χ4n) is 1.45. The molecule has 1 N–H and O–H groups in total. The summed E-state index contributed by atoms with van der Waals surface area (Å²) >= 11 is 0. The zero-order valence-corrected chi connectivity index (χ0v) is 11.6. The van der Waals surface area contributed by atoms with E-state index in [4.69, 9.17) is 9.84 Å². The second-order valence-corrected chi connectivity index (χ2v) is 4.37. The average Bonchev–Trinajstić information content (AvgIpc) is 2.39. The molecule has 0 aliphatic heterocycles. The van der Waals surface area contributed by atoms with Crippen molar-refractivity contribution in [2.45, 2.75) is 6.42 Å². The van der Waals surface area contributed by atoms with Crippen molar-refractivity contribution in [2.75, 3.05) is 20.7 Å². The molecule has 0 spiro atoms. The van der Waals surface area contributed by atoms with Gasteiger partial charge in [0.05, 0.1) is 13.0 Å². The molecule has 0 aliphatic carbocycles. The minimum Gasteiger partial charge on any atom is -0.487 e. The maximum atomic E-state index is 13.7. The Kier molecular flexibility index (Phi) is 5.83. The van der Waals surface area contributed by atoms with E-state index in [1.165, 1.54) is 4.90 Å². The van der Waals surface area contributed by atoms with Gasteiger partial charge in [0.15, 0.2) is 17.4 Å². The number of ether oxygens (including phenoxy) is 1. The van der Waals surface area contributed by atoms with Crippen molar-refractivity contribution in [2.24, 2.45) is 0 Å². The topological polar surface area (TPSA) is 66.8 Å². The van der Waals surface area contributed by atoms with Crippen molar-refractivity contribution in [3.05, 3.63) is 35.4 Å². The number of hydrogen-bond donors (Lipinski definition) is 1. The van der Waals surface area contributed by atoms with Gasteiger partial charge in [-0.3, -0.25) is 4.79 Å². The van der Waals surface area contributed by atoms with Crippen molar-refractivity contribution < 1.29 is 28.2 Å². The number of amides is 1. The average molecular weight is 299 g/mol. The van der Waals surface area contributed by atoms with E-state index < -0.39 is 23.4 Å². The van der Waals surface area contributed by atoms with E-state index in [1.807, 2.05) is 0 Å². The highest BCUT2D eigenvalue weighted by Crippen LogP contribution is 2.24. The molecular formula is C14H15F2NO4. The van der Waals surface area contributed by atoms with Gasteiger partial charge in [-0.1, -0.05) is 0 Å². The Morgan fingerprint density at radius 3 is 2.33 bits per heavy atom. The maximum absolute atomic E-state index is 13.7. The summed E-state index contributed by atoms with van der Waals surface area (Å²) in [6.07, 6.45) is 1.82. The van der Waals surface area contributed by atoms with Gasteiger partial charge in [0.25, 0.3) is 0 Å². The van der Waals surface area contributed by atoms with Gasteiger partial charge in [0.1, 0.15) is 0 Å². The van der Waals surface area contributed by atoms with Crippen LogP contribution < -0.4 is 4.74 Å². The molecule has 1 rings (SSSR count). The molecule has 0 aliphatic rings. The van der Waals surface area contributed by atoms with Crippen LogP contribution in [0.5, 0.6) is 5.75 Å². The summed E-state index contributed by atoms with van der Waals surface area (Å²) in [5.41, 5.74) is 0.0594. The fraction of sp³-hybridized carbons (Fsp3) is 0.286. The number of hydrogen-bond acceptors (Lipinski definition) is 3. The first kappa shape index (κ1) is 16.6. The van der Waals surface area contributed by atoms with Crippen molar-refractivity contribution >= 4 is 18.0 Å². The van der Waals surface area contributed by atoms with Crippen LogP contribution in [0.4, 0.5) is 8.78 Å². The first-order valence-electron chi connectivity index (χ1n) is 6.04. The fourth-order valence-corrected chi connectivity index (χ4v) is 1.45. The smallest absolute Gasteiger partial charge is 0.328 e. The lowest BCUT2D eigenvalue weighted by Gasteiger charge is -2.12. The Morgan fingerprint density at radius 1 is 1.29 bits per heavy atom. The first-order valence-corrected chi connectivity index (χ1v) is 6.04. The number of carboxylic acid groups (broad SMARTS) is 1. The molecule has 0 saturated carbocycles. The zero-order chi connectivity index (χ0) is 16.0. The van der Waals surface area contributed by atoms with E-state index in [-0.39, 0.29) is 24.5 Å². The third-order valence-electron chi connectivity index (χ3n) is 2.50. The molecule has 0 fully saturated rings. The van der Waals surface area contributed by atoms with Crippen LogP contribution in [0.25, 0.3) is 6.08 Å². The monoisotopic (exact) mass is 299 g/mol. The molecule has 0 unspecified atom stereocenters. The second-order valence-electron chi connectivity index (χ2n) is 4.37. The summed E-state index contributed by atoms with van der Waals surface area (Å²) < 4.78 is 32.3. The molecule has 0 aromatic heterocycles. The highest BCUT2D eigenvalue weighted by Gasteiger charge is 2.13. The van der Waals surface area contributed by atoms with Gasteiger partial charge in [-0.25, -0.2) is 13.6 Å². The summed E-state index contributed by atoms with van der Waals surface area (Å²) in [5.74, 6) is -3.96. The number of nitrogens with zero attached hydrogens (tertiary/aromatic N) is 1. The molecule has 0 radical (unpaired) electrons. The van der Waals surface area contributed by atoms with Crippen LogP contribution in [-0.2, 0) is 9.59 Å². The summed E-state index contributed by atoms with van der Waals surface area (Å²) in [6, 6.07) is 1.90. The van der Waals surface area contributed by atoms with E-state index >= 15 is 0 Å². The van der Waals surface area contributed by atoms with Crippen LogP contribution in [-0.4, -0.2) is 42.6 Å². The number of halogens is 2. The second kappa shape index (κ2) is 7.37. The Hall–Kier alpha value is -2.44. The molecular weight excluding hydrogens is 284 g/mol. The van der Waals surface area contributed by atoms with Gasteiger partial charge in [-0.05, 0) is 23.8 Å². The summed E-state index contributed by atoms with van der Waals surface area (Å²) in [7, 11) is 3.13. The van der Waals surface area contributed by atoms with Crippen molar-refractivity contribution in [1.82, 2.24) is 4.90 Å². The molecule has 1 aromatic rings. The molecule has 0 atom stereocenters. The summed E-state index contributed by atoms with van der Waals surface area (Å²) in [4.78, 5) is 23.0. The zero-order valence-electron chi connectivity index (χ0n) is 11.6.